The Morgan fingerprint density at radius 2 is 1.45 bits per heavy atom. The van der Waals surface area contributed by atoms with E-state index in [2.05, 4.69) is 33.9 Å². The van der Waals surface area contributed by atoms with Crippen molar-refractivity contribution in [1.82, 2.24) is 24.9 Å². The molecule has 0 aromatic carbocycles. The second-order valence-corrected chi connectivity index (χ2v) is 13.5. The third-order valence-electron chi connectivity index (χ3n) is 9.08. The summed E-state index contributed by atoms with van der Waals surface area (Å²) in [5.41, 5.74) is -0.423. The Labute approximate surface area is 231 Å². The van der Waals surface area contributed by atoms with Gasteiger partial charge in [0.05, 0.1) is 12.1 Å². The van der Waals surface area contributed by atoms with Crippen LogP contribution < -0.4 is 5.32 Å². The number of amides is 3. The number of nitrogens with one attached hydrogen (secondary N) is 1. The van der Waals surface area contributed by atoms with Crippen molar-refractivity contribution in [1.29, 1.82) is 0 Å². The predicted molar refractivity (Wildman–Crippen MR) is 153 cm³/mol. The Morgan fingerprint density at radius 1 is 0.868 bits per heavy atom. The Hall–Kier alpha value is -1.67. The van der Waals surface area contributed by atoms with Gasteiger partial charge >= 0.3 is 0 Å². The molecule has 0 bridgehead atoms. The van der Waals surface area contributed by atoms with Crippen molar-refractivity contribution < 1.29 is 14.4 Å². The van der Waals surface area contributed by atoms with Gasteiger partial charge in [0.2, 0.25) is 17.7 Å². The van der Waals surface area contributed by atoms with Crippen LogP contribution in [0.3, 0.4) is 0 Å². The van der Waals surface area contributed by atoms with Gasteiger partial charge < -0.3 is 15.1 Å². The largest absolute Gasteiger partial charge is 0.342 e. The first kappa shape index (κ1) is 30.9. The quantitative estimate of drug-likeness (QED) is 0.518. The minimum atomic E-state index is -0.608. The molecule has 0 radical (unpaired) electrons. The second kappa shape index (κ2) is 13.6. The first-order valence-corrected chi connectivity index (χ1v) is 15.2. The fourth-order valence-corrected chi connectivity index (χ4v) is 6.50. The molecule has 3 heterocycles. The average molecular weight is 534 g/mol. The van der Waals surface area contributed by atoms with Crippen LogP contribution >= 0.6 is 0 Å². The topological polar surface area (TPSA) is 76.2 Å². The highest BCUT2D eigenvalue weighted by molar-refractivity contribution is 5.90. The molecule has 3 amide bonds. The minimum absolute atomic E-state index is 0.0427. The van der Waals surface area contributed by atoms with Crippen LogP contribution in [0.5, 0.6) is 0 Å². The molecule has 1 N–H and O–H groups in total. The zero-order valence-electron chi connectivity index (χ0n) is 25.3. The van der Waals surface area contributed by atoms with E-state index in [0.29, 0.717) is 6.54 Å². The Bertz CT molecular complexity index is 804. The van der Waals surface area contributed by atoms with E-state index >= 15 is 0 Å². The van der Waals surface area contributed by atoms with Gasteiger partial charge in [-0.15, -0.1) is 0 Å². The van der Waals surface area contributed by atoms with Gasteiger partial charge in [-0.05, 0) is 76.4 Å². The number of carbonyl (C=O) groups is 3. The van der Waals surface area contributed by atoms with E-state index in [4.69, 9.17) is 0 Å². The molecule has 0 aromatic rings. The van der Waals surface area contributed by atoms with Crippen LogP contribution in [0.2, 0.25) is 0 Å². The smallest absolute Gasteiger partial charge is 0.245 e. The second-order valence-electron chi connectivity index (χ2n) is 13.5. The number of hydrogen-bond acceptors (Lipinski definition) is 5. The van der Waals surface area contributed by atoms with Crippen molar-refractivity contribution in [3.05, 3.63) is 0 Å². The summed E-state index contributed by atoms with van der Waals surface area (Å²) in [5.74, 6) is 0.409. The summed E-state index contributed by atoms with van der Waals surface area (Å²) in [6.45, 7) is 14.6. The van der Waals surface area contributed by atoms with Gasteiger partial charge in [0.1, 0.15) is 6.04 Å². The molecule has 3 aliphatic heterocycles. The standard InChI is InChI=1S/C30H55N5O3/c1-22(2)25(21-35-20-14-10-16-24(35)28(37)34-18-11-8-12-19-34)33(7)29(38)26(30(3,4)5)31-27(36)23-15-9-13-17-32(23)6/h22-26H,8-21H2,1-7H3,(H,31,36)/t23-,24+,25-,26-/m1/s1. The molecule has 8 nitrogen and oxygen atoms in total. The molecule has 218 valence electrons. The molecule has 3 saturated heterocycles. The average Bonchev–Trinajstić information content (AvgIpc) is 2.89. The molecule has 3 aliphatic rings. The van der Waals surface area contributed by atoms with Gasteiger partial charge in [-0.1, -0.05) is 47.5 Å². The lowest BCUT2D eigenvalue weighted by Crippen LogP contribution is -2.61. The number of piperidine rings is 3. The molecule has 3 rings (SSSR count). The van der Waals surface area contributed by atoms with E-state index in [0.717, 1.165) is 77.5 Å². The summed E-state index contributed by atoms with van der Waals surface area (Å²) in [7, 11) is 3.88. The Morgan fingerprint density at radius 3 is 2.03 bits per heavy atom. The Kier molecular flexibility index (Phi) is 11.0. The summed E-state index contributed by atoms with van der Waals surface area (Å²) in [6, 6.07) is -0.922. The number of likely N-dealkylation sites (tertiary alicyclic amines) is 3. The van der Waals surface area contributed by atoms with Gasteiger partial charge in [-0.3, -0.25) is 24.2 Å². The molecular formula is C30H55N5O3. The van der Waals surface area contributed by atoms with Crippen LogP contribution in [0.15, 0.2) is 0 Å². The van der Waals surface area contributed by atoms with Crippen LogP contribution in [-0.4, -0.2) is 108 Å². The van der Waals surface area contributed by atoms with Gasteiger partial charge in [-0.25, -0.2) is 0 Å². The lowest BCUT2D eigenvalue weighted by molar-refractivity contribution is -0.144. The number of carbonyl (C=O) groups excluding carboxylic acids is 3. The van der Waals surface area contributed by atoms with E-state index in [1.807, 2.05) is 39.8 Å². The van der Waals surface area contributed by atoms with Crippen molar-refractivity contribution in [2.24, 2.45) is 11.3 Å². The first-order valence-electron chi connectivity index (χ1n) is 15.2. The van der Waals surface area contributed by atoms with Crippen LogP contribution in [0.1, 0.15) is 92.4 Å². The van der Waals surface area contributed by atoms with Crippen molar-refractivity contribution >= 4 is 17.7 Å². The SMILES string of the molecule is CC(C)[C@@H](CN1CCCC[C@H]1C(=O)N1CCCCC1)N(C)C(=O)[C@@H](NC(=O)[C@H]1CCCCN1C)C(C)(C)C. The fraction of sp³-hybridized carbons (Fsp3) is 0.900. The molecule has 0 aromatic heterocycles. The van der Waals surface area contributed by atoms with Crippen molar-refractivity contribution in [3.63, 3.8) is 0 Å². The summed E-state index contributed by atoms with van der Waals surface area (Å²) >= 11 is 0. The number of hydrogen-bond donors (Lipinski definition) is 1. The van der Waals surface area contributed by atoms with Crippen molar-refractivity contribution in [2.75, 3.05) is 46.8 Å². The predicted octanol–water partition coefficient (Wildman–Crippen LogP) is 3.35. The molecule has 8 heteroatoms. The number of rotatable bonds is 8. The van der Waals surface area contributed by atoms with Crippen LogP contribution in [0.4, 0.5) is 0 Å². The number of likely N-dealkylation sites (N-methyl/N-ethyl adjacent to an activating group) is 2. The third-order valence-corrected chi connectivity index (χ3v) is 9.08. The summed E-state index contributed by atoms with van der Waals surface area (Å²) < 4.78 is 0. The first-order chi connectivity index (χ1) is 17.9. The van der Waals surface area contributed by atoms with Crippen molar-refractivity contribution in [2.45, 2.75) is 117 Å². The number of nitrogens with zero attached hydrogens (tertiary/aromatic N) is 4. The lowest BCUT2D eigenvalue weighted by atomic mass is 9.84. The zero-order valence-corrected chi connectivity index (χ0v) is 25.3. The third kappa shape index (κ3) is 7.71. The minimum Gasteiger partial charge on any atom is -0.342 e. The zero-order chi connectivity index (χ0) is 28.0. The maximum absolute atomic E-state index is 14.0. The summed E-state index contributed by atoms with van der Waals surface area (Å²) in [4.78, 5) is 49.2. The van der Waals surface area contributed by atoms with Crippen LogP contribution in [-0.2, 0) is 14.4 Å². The fourth-order valence-electron chi connectivity index (χ4n) is 6.50. The van der Waals surface area contributed by atoms with E-state index in [1.165, 1.54) is 6.42 Å². The van der Waals surface area contributed by atoms with E-state index in [1.54, 1.807) is 0 Å². The normalized spacial score (nSPS) is 25.6. The lowest BCUT2D eigenvalue weighted by Gasteiger charge is -2.44. The summed E-state index contributed by atoms with van der Waals surface area (Å²) in [5, 5.41) is 3.16. The van der Waals surface area contributed by atoms with Gasteiger partial charge in [-0.2, -0.15) is 0 Å². The monoisotopic (exact) mass is 533 g/mol. The molecule has 0 saturated carbocycles. The highest BCUT2D eigenvalue weighted by Gasteiger charge is 2.41. The molecule has 38 heavy (non-hydrogen) atoms. The molecule has 0 spiro atoms. The summed E-state index contributed by atoms with van der Waals surface area (Å²) in [6.07, 6.45) is 9.45. The molecule has 4 atom stereocenters. The van der Waals surface area contributed by atoms with Crippen LogP contribution in [0, 0.1) is 11.3 Å². The van der Waals surface area contributed by atoms with E-state index in [9.17, 15) is 14.4 Å². The van der Waals surface area contributed by atoms with Crippen molar-refractivity contribution in [3.8, 4) is 0 Å². The molecule has 3 fully saturated rings. The van der Waals surface area contributed by atoms with Gasteiger partial charge in [0, 0.05) is 32.7 Å². The Balaban J connectivity index is 1.74. The maximum Gasteiger partial charge on any atom is 0.245 e. The van der Waals surface area contributed by atoms with Gasteiger partial charge in [0.15, 0.2) is 0 Å². The van der Waals surface area contributed by atoms with Crippen LogP contribution in [0.25, 0.3) is 0 Å². The highest BCUT2D eigenvalue weighted by atomic mass is 16.2. The molecule has 0 unspecified atom stereocenters. The highest BCUT2D eigenvalue weighted by Crippen LogP contribution is 2.27. The maximum atomic E-state index is 14.0. The van der Waals surface area contributed by atoms with E-state index < -0.39 is 11.5 Å². The van der Waals surface area contributed by atoms with Gasteiger partial charge in [0.25, 0.3) is 0 Å². The molecule has 0 aliphatic carbocycles. The van der Waals surface area contributed by atoms with E-state index in [-0.39, 0.29) is 41.8 Å². The molecular weight excluding hydrogens is 478 g/mol.